The van der Waals surface area contributed by atoms with E-state index in [9.17, 15) is 0 Å². The SMILES string of the molecule is CN=C(NCc1cccc(N2CC=CC2)c1)N1CCN(Cc2cc(C)on2)CC1. The Morgan fingerprint density at radius 1 is 1.14 bits per heavy atom. The highest BCUT2D eigenvalue weighted by Gasteiger charge is 2.20. The Labute approximate surface area is 172 Å². The minimum absolute atomic E-state index is 0.778. The molecule has 0 bridgehead atoms. The molecule has 2 aliphatic rings. The van der Waals surface area contributed by atoms with E-state index in [0.29, 0.717) is 0 Å². The fourth-order valence-corrected chi connectivity index (χ4v) is 3.90. The number of aromatic nitrogens is 1. The minimum atomic E-state index is 0.778. The summed E-state index contributed by atoms with van der Waals surface area (Å²) in [5.74, 6) is 1.84. The third-order valence-electron chi connectivity index (χ3n) is 5.49. The number of anilines is 1. The van der Waals surface area contributed by atoms with Crippen molar-refractivity contribution in [2.75, 3.05) is 51.2 Å². The lowest BCUT2D eigenvalue weighted by Gasteiger charge is -2.36. The molecule has 0 unspecified atom stereocenters. The number of hydrogen-bond acceptors (Lipinski definition) is 5. The number of benzene rings is 1. The van der Waals surface area contributed by atoms with Crippen LogP contribution in [-0.4, -0.2) is 67.2 Å². The largest absolute Gasteiger partial charge is 0.364 e. The first kappa shape index (κ1) is 19.5. The van der Waals surface area contributed by atoms with Crippen LogP contribution in [0.1, 0.15) is 17.0 Å². The molecule has 2 aromatic rings. The van der Waals surface area contributed by atoms with Crippen molar-refractivity contribution in [3.63, 3.8) is 0 Å². The number of nitrogens with one attached hydrogen (secondary N) is 1. The zero-order chi connectivity index (χ0) is 20.1. The van der Waals surface area contributed by atoms with Crippen LogP contribution in [0.3, 0.4) is 0 Å². The Morgan fingerprint density at radius 3 is 2.62 bits per heavy atom. The molecule has 0 amide bonds. The first-order chi connectivity index (χ1) is 14.2. The number of rotatable bonds is 5. The average molecular weight is 395 g/mol. The third kappa shape index (κ3) is 4.98. The second kappa shape index (κ2) is 9.13. The van der Waals surface area contributed by atoms with Crippen molar-refractivity contribution in [3.8, 4) is 0 Å². The van der Waals surface area contributed by atoms with E-state index in [1.807, 2.05) is 20.0 Å². The smallest absolute Gasteiger partial charge is 0.194 e. The number of nitrogens with zero attached hydrogens (tertiary/aromatic N) is 5. The van der Waals surface area contributed by atoms with Gasteiger partial charge in [-0.1, -0.05) is 29.4 Å². The van der Waals surface area contributed by atoms with Gasteiger partial charge in [-0.15, -0.1) is 0 Å². The van der Waals surface area contributed by atoms with Crippen molar-refractivity contribution in [3.05, 3.63) is 59.5 Å². The van der Waals surface area contributed by atoms with Crippen LogP contribution in [0.25, 0.3) is 0 Å². The molecule has 0 spiro atoms. The maximum atomic E-state index is 5.17. The van der Waals surface area contributed by atoms with Gasteiger partial charge in [0.2, 0.25) is 0 Å². The monoisotopic (exact) mass is 394 g/mol. The minimum Gasteiger partial charge on any atom is -0.364 e. The molecule has 29 heavy (non-hydrogen) atoms. The van der Waals surface area contributed by atoms with Crippen LogP contribution in [0, 0.1) is 6.92 Å². The number of piperazine rings is 1. The van der Waals surface area contributed by atoms with Crippen LogP contribution in [-0.2, 0) is 13.1 Å². The van der Waals surface area contributed by atoms with E-state index >= 15 is 0 Å². The van der Waals surface area contributed by atoms with E-state index in [1.54, 1.807) is 0 Å². The van der Waals surface area contributed by atoms with Gasteiger partial charge in [-0.2, -0.15) is 0 Å². The van der Waals surface area contributed by atoms with Crippen molar-refractivity contribution >= 4 is 11.6 Å². The van der Waals surface area contributed by atoms with E-state index in [-0.39, 0.29) is 0 Å². The van der Waals surface area contributed by atoms with Gasteiger partial charge in [-0.3, -0.25) is 9.89 Å². The second-order valence-corrected chi connectivity index (χ2v) is 7.64. The molecular formula is C22H30N6O. The van der Waals surface area contributed by atoms with Crippen LogP contribution in [0.15, 0.2) is 52.0 Å². The Hall–Kier alpha value is -2.80. The fraction of sp³-hybridized carbons (Fsp3) is 0.455. The van der Waals surface area contributed by atoms with Crippen molar-refractivity contribution in [1.29, 1.82) is 0 Å². The summed E-state index contributed by atoms with van der Waals surface area (Å²) in [6.45, 7) is 9.44. The second-order valence-electron chi connectivity index (χ2n) is 7.64. The zero-order valence-electron chi connectivity index (χ0n) is 17.3. The van der Waals surface area contributed by atoms with Crippen LogP contribution in [0.4, 0.5) is 5.69 Å². The topological polar surface area (TPSA) is 60.1 Å². The molecule has 1 saturated heterocycles. The molecule has 0 atom stereocenters. The molecule has 7 heteroatoms. The quantitative estimate of drug-likeness (QED) is 0.477. The van der Waals surface area contributed by atoms with Crippen LogP contribution in [0.5, 0.6) is 0 Å². The lowest BCUT2D eigenvalue weighted by atomic mass is 10.2. The first-order valence-corrected chi connectivity index (χ1v) is 10.3. The molecule has 0 radical (unpaired) electrons. The Morgan fingerprint density at radius 2 is 1.93 bits per heavy atom. The maximum absolute atomic E-state index is 5.17. The van der Waals surface area contributed by atoms with E-state index < -0.39 is 0 Å². The molecule has 0 saturated carbocycles. The van der Waals surface area contributed by atoms with E-state index in [2.05, 4.69) is 66.6 Å². The molecule has 2 aliphatic heterocycles. The van der Waals surface area contributed by atoms with Gasteiger partial charge in [0.15, 0.2) is 5.96 Å². The molecule has 1 fully saturated rings. The van der Waals surface area contributed by atoms with Gasteiger partial charge in [-0.05, 0) is 24.6 Å². The Bertz CT molecular complexity index is 858. The summed E-state index contributed by atoms with van der Waals surface area (Å²) in [6.07, 6.45) is 4.44. The number of aliphatic imine (C=N–C) groups is 1. The first-order valence-electron chi connectivity index (χ1n) is 10.3. The maximum Gasteiger partial charge on any atom is 0.194 e. The molecule has 0 aliphatic carbocycles. The summed E-state index contributed by atoms with van der Waals surface area (Å²) < 4.78 is 5.17. The summed E-state index contributed by atoms with van der Waals surface area (Å²) in [4.78, 5) is 11.6. The standard InChI is InChI=1S/C22H30N6O/c1-18-14-20(25-29-18)17-26-10-12-28(13-11-26)22(23-2)24-16-19-6-5-7-21(15-19)27-8-3-4-9-27/h3-7,14-15H,8-13,16-17H2,1-2H3,(H,23,24). The molecule has 7 nitrogen and oxygen atoms in total. The van der Waals surface area contributed by atoms with Gasteiger partial charge in [-0.25, -0.2) is 0 Å². The summed E-state index contributed by atoms with van der Waals surface area (Å²) in [7, 11) is 1.86. The Balaban J connectivity index is 1.27. The molecular weight excluding hydrogens is 364 g/mol. The summed E-state index contributed by atoms with van der Waals surface area (Å²) in [5, 5.41) is 7.64. The lowest BCUT2D eigenvalue weighted by molar-refractivity contribution is 0.169. The highest BCUT2D eigenvalue weighted by Crippen LogP contribution is 2.18. The highest BCUT2D eigenvalue weighted by molar-refractivity contribution is 5.80. The van der Waals surface area contributed by atoms with Gasteiger partial charge >= 0.3 is 0 Å². The van der Waals surface area contributed by atoms with Crippen LogP contribution in [0.2, 0.25) is 0 Å². The number of hydrogen-bond donors (Lipinski definition) is 1. The molecule has 4 rings (SSSR count). The normalized spacial score (nSPS) is 17.9. The number of guanidine groups is 1. The Kier molecular flexibility index (Phi) is 6.14. The van der Waals surface area contributed by atoms with Gasteiger partial charge in [0.05, 0.1) is 5.69 Å². The molecule has 154 valence electrons. The van der Waals surface area contributed by atoms with Gasteiger partial charge in [0.1, 0.15) is 5.76 Å². The van der Waals surface area contributed by atoms with Crippen molar-refractivity contribution in [2.45, 2.75) is 20.0 Å². The molecule has 1 aromatic carbocycles. The predicted molar refractivity (Wildman–Crippen MR) is 116 cm³/mol. The van der Waals surface area contributed by atoms with Gasteiger partial charge < -0.3 is 19.6 Å². The van der Waals surface area contributed by atoms with Crippen molar-refractivity contribution < 1.29 is 4.52 Å². The fourth-order valence-electron chi connectivity index (χ4n) is 3.90. The van der Waals surface area contributed by atoms with Crippen molar-refractivity contribution in [2.24, 2.45) is 4.99 Å². The summed E-state index contributed by atoms with van der Waals surface area (Å²) in [5.41, 5.74) is 3.56. The van der Waals surface area contributed by atoms with Crippen molar-refractivity contribution in [1.82, 2.24) is 20.3 Å². The predicted octanol–water partition coefficient (Wildman–Crippen LogP) is 2.25. The number of aryl methyl sites for hydroxylation is 1. The highest BCUT2D eigenvalue weighted by atomic mass is 16.5. The third-order valence-corrected chi connectivity index (χ3v) is 5.49. The lowest BCUT2D eigenvalue weighted by Crippen LogP contribution is -2.52. The van der Waals surface area contributed by atoms with E-state index in [0.717, 1.165) is 69.8 Å². The zero-order valence-corrected chi connectivity index (χ0v) is 17.3. The van der Waals surface area contributed by atoms with Crippen LogP contribution >= 0.6 is 0 Å². The molecule has 1 N–H and O–H groups in total. The molecule has 3 heterocycles. The summed E-state index contributed by atoms with van der Waals surface area (Å²) >= 11 is 0. The summed E-state index contributed by atoms with van der Waals surface area (Å²) in [6, 6.07) is 10.8. The van der Waals surface area contributed by atoms with E-state index in [4.69, 9.17) is 4.52 Å². The average Bonchev–Trinajstić information content (AvgIpc) is 3.42. The van der Waals surface area contributed by atoms with E-state index in [1.165, 1.54) is 11.3 Å². The molecule has 1 aromatic heterocycles. The van der Waals surface area contributed by atoms with Crippen LogP contribution < -0.4 is 10.2 Å². The van der Waals surface area contributed by atoms with Gasteiger partial charge in [0.25, 0.3) is 0 Å². The van der Waals surface area contributed by atoms with Gasteiger partial charge in [0, 0.05) is 71.2 Å².